The molecule has 0 aliphatic rings. The molecule has 1 N–H and O–H groups in total. The Labute approximate surface area is 307 Å². The van der Waals surface area contributed by atoms with Gasteiger partial charge in [0.2, 0.25) is 0 Å². The normalized spacial score (nSPS) is 12.1. The Kier molecular flexibility index (Phi) is 18.5. The number of nitrogens with zero attached hydrogens (tertiary/aromatic N) is 5. The van der Waals surface area contributed by atoms with Gasteiger partial charge in [-0.1, -0.05) is 80.8 Å². The molecule has 0 fully saturated rings. The van der Waals surface area contributed by atoms with E-state index in [1.807, 2.05) is 23.2 Å². The van der Waals surface area contributed by atoms with Crippen molar-refractivity contribution in [2.45, 2.75) is 145 Å². The predicted octanol–water partition coefficient (Wildman–Crippen LogP) is 11.4. The molecule has 0 saturated heterocycles. The van der Waals surface area contributed by atoms with Gasteiger partial charge in [0.15, 0.2) is 0 Å². The summed E-state index contributed by atoms with van der Waals surface area (Å²) in [7, 11) is -2.00. The Morgan fingerprint density at radius 3 is 1.48 bits per heavy atom. The Morgan fingerprint density at radius 1 is 0.652 bits per heavy atom. The number of hydrogen-bond donors (Lipinski definition) is 1. The molecule has 3 aromatic heterocycles. The van der Waals surface area contributed by atoms with E-state index in [2.05, 4.69) is 156 Å². The summed E-state index contributed by atoms with van der Waals surface area (Å²) in [6.07, 6.45) is 0. The fourth-order valence-electron chi connectivity index (χ4n) is 4.15. The maximum absolute atomic E-state index is 5.77. The quantitative estimate of drug-likeness (QED) is 0.137. The molecule has 0 bridgehead atoms. The summed E-state index contributed by atoms with van der Waals surface area (Å²) in [6, 6.07) is 2.40. The van der Waals surface area contributed by atoms with Crippen LogP contribution < -0.4 is 0 Å². The third-order valence-electron chi connectivity index (χ3n) is 7.21. The van der Waals surface area contributed by atoms with Crippen LogP contribution in [0.4, 0.5) is 0 Å². The number of aryl methyl sites for hydroxylation is 2. The lowest BCUT2D eigenvalue weighted by Crippen LogP contribution is -2.22. The van der Waals surface area contributed by atoms with Crippen LogP contribution in [-0.4, -0.2) is 59.1 Å². The van der Waals surface area contributed by atoms with E-state index in [1.54, 1.807) is 0 Å². The van der Waals surface area contributed by atoms with Gasteiger partial charge in [0.25, 0.3) is 0 Å². The SMILES string of the molecule is Cc1[nH]nc(C(C)C)c1Br.Cc1c(Br)c(C(C)C)nn1COCC[Si](C)(C)C.Cc1nn(COCC[Si](C)(C)C)c(C(C)C)c1Br. The Bertz CT molecular complexity index is 1340. The van der Waals surface area contributed by atoms with Gasteiger partial charge in [0.05, 0.1) is 41.9 Å². The van der Waals surface area contributed by atoms with Crippen LogP contribution in [0, 0.1) is 20.8 Å². The highest BCUT2D eigenvalue weighted by molar-refractivity contribution is 9.11. The summed E-state index contributed by atoms with van der Waals surface area (Å²) in [4.78, 5) is 0. The molecular formula is C33H61Br3N6O2Si2. The van der Waals surface area contributed by atoms with Crippen LogP contribution >= 0.6 is 47.8 Å². The Balaban J connectivity index is 0.000000360. The average molecular weight is 870 g/mol. The van der Waals surface area contributed by atoms with Crippen molar-refractivity contribution in [3.63, 3.8) is 0 Å². The molecular weight excluding hydrogens is 808 g/mol. The molecule has 0 spiro atoms. The molecule has 3 aromatic rings. The summed E-state index contributed by atoms with van der Waals surface area (Å²) in [5, 5.41) is 16.2. The molecule has 8 nitrogen and oxygen atoms in total. The molecule has 0 unspecified atom stereocenters. The monoisotopic (exact) mass is 866 g/mol. The number of aromatic amines is 1. The van der Waals surface area contributed by atoms with Gasteiger partial charge in [-0.05, 0) is 98.4 Å². The highest BCUT2D eigenvalue weighted by Gasteiger charge is 2.18. The van der Waals surface area contributed by atoms with E-state index in [1.165, 1.54) is 17.8 Å². The second-order valence-electron chi connectivity index (χ2n) is 15.3. The molecule has 0 amide bonds. The predicted molar refractivity (Wildman–Crippen MR) is 211 cm³/mol. The van der Waals surface area contributed by atoms with Crippen LogP contribution in [0.15, 0.2) is 13.4 Å². The maximum Gasteiger partial charge on any atom is 0.139 e. The number of rotatable bonds is 13. The van der Waals surface area contributed by atoms with E-state index in [0.29, 0.717) is 31.2 Å². The third kappa shape index (κ3) is 14.9. The van der Waals surface area contributed by atoms with Gasteiger partial charge in [-0.3, -0.25) is 5.10 Å². The van der Waals surface area contributed by atoms with Crippen molar-refractivity contribution in [3.8, 4) is 0 Å². The van der Waals surface area contributed by atoms with E-state index < -0.39 is 16.1 Å². The first-order valence-corrected chi connectivity index (χ1v) is 26.2. The molecule has 264 valence electrons. The maximum atomic E-state index is 5.77. The fraction of sp³-hybridized carbons (Fsp3) is 0.727. The largest absolute Gasteiger partial charge is 0.360 e. The van der Waals surface area contributed by atoms with Crippen molar-refractivity contribution < 1.29 is 9.47 Å². The Hall–Kier alpha value is -0.576. The third-order valence-corrected chi connectivity index (χ3v) is 13.6. The van der Waals surface area contributed by atoms with Gasteiger partial charge in [0, 0.05) is 35.1 Å². The summed E-state index contributed by atoms with van der Waals surface area (Å²) >= 11 is 10.7. The summed E-state index contributed by atoms with van der Waals surface area (Å²) in [6.45, 7) is 36.0. The molecule has 0 saturated carbocycles. The number of nitrogens with one attached hydrogen (secondary N) is 1. The van der Waals surface area contributed by atoms with E-state index >= 15 is 0 Å². The zero-order valence-electron chi connectivity index (χ0n) is 31.2. The number of ether oxygens (including phenoxy) is 2. The lowest BCUT2D eigenvalue weighted by molar-refractivity contribution is 0.0757. The summed E-state index contributed by atoms with van der Waals surface area (Å²) in [5.41, 5.74) is 6.72. The van der Waals surface area contributed by atoms with Crippen LogP contribution in [0.25, 0.3) is 0 Å². The second kappa shape index (κ2) is 19.6. The number of H-pyrrole nitrogens is 1. The highest BCUT2D eigenvalue weighted by Crippen LogP contribution is 2.28. The molecule has 46 heavy (non-hydrogen) atoms. The minimum absolute atomic E-state index is 0.432. The molecule has 0 radical (unpaired) electrons. The lowest BCUT2D eigenvalue weighted by atomic mass is 10.1. The molecule has 0 aliphatic heterocycles. The van der Waals surface area contributed by atoms with Crippen LogP contribution in [0.5, 0.6) is 0 Å². The van der Waals surface area contributed by atoms with Gasteiger partial charge in [0.1, 0.15) is 13.5 Å². The van der Waals surface area contributed by atoms with E-state index in [0.717, 1.165) is 55.1 Å². The van der Waals surface area contributed by atoms with Gasteiger partial charge in [-0.25, -0.2) is 9.36 Å². The highest BCUT2D eigenvalue weighted by atomic mass is 79.9. The van der Waals surface area contributed by atoms with Crippen LogP contribution in [0.2, 0.25) is 51.4 Å². The van der Waals surface area contributed by atoms with Gasteiger partial charge in [-0.2, -0.15) is 15.3 Å². The van der Waals surface area contributed by atoms with Crippen molar-refractivity contribution >= 4 is 63.9 Å². The number of halogens is 3. The van der Waals surface area contributed by atoms with Crippen molar-refractivity contribution in [2.24, 2.45) is 0 Å². The molecule has 13 heteroatoms. The first-order chi connectivity index (χ1) is 21.1. The summed E-state index contributed by atoms with van der Waals surface area (Å²) < 4.78 is 18.8. The van der Waals surface area contributed by atoms with Crippen molar-refractivity contribution in [1.82, 2.24) is 29.8 Å². The zero-order chi connectivity index (χ0) is 35.6. The molecule has 0 aliphatic carbocycles. The second-order valence-corrected chi connectivity index (χ2v) is 28.9. The van der Waals surface area contributed by atoms with Gasteiger partial charge >= 0.3 is 0 Å². The number of hydrogen-bond acceptors (Lipinski definition) is 5. The number of aromatic nitrogens is 6. The van der Waals surface area contributed by atoms with Crippen LogP contribution in [0.1, 0.15) is 93.5 Å². The molecule has 3 rings (SSSR count). The van der Waals surface area contributed by atoms with E-state index in [4.69, 9.17) is 9.47 Å². The van der Waals surface area contributed by atoms with Gasteiger partial charge < -0.3 is 9.47 Å². The first-order valence-electron chi connectivity index (χ1n) is 16.4. The van der Waals surface area contributed by atoms with Crippen LogP contribution in [0.3, 0.4) is 0 Å². The summed E-state index contributed by atoms with van der Waals surface area (Å²) in [5.74, 6) is 1.36. The van der Waals surface area contributed by atoms with E-state index in [-0.39, 0.29) is 0 Å². The first kappa shape index (κ1) is 43.4. The molecule has 3 heterocycles. The standard InChI is InChI=1S/2C13H25BrN2OSi.C7H11BrN2/c1-10(2)13-12(14)11(3)16(15-13)9-17-7-8-18(4,5)6;1-10(2)13-12(14)11(3)15-16(13)9-17-7-8-18(4,5)6;1-4(2)7-6(8)5(3)9-10-7/h2*10H,7-9H2,1-6H3;4H,1-3H3,(H,9,10). The molecule has 0 aromatic carbocycles. The average Bonchev–Trinajstić information content (AvgIpc) is 3.52. The zero-order valence-corrected chi connectivity index (χ0v) is 37.9. The van der Waals surface area contributed by atoms with E-state index in [9.17, 15) is 0 Å². The fourth-order valence-corrected chi connectivity index (χ4v) is 7.78. The van der Waals surface area contributed by atoms with Crippen molar-refractivity contribution in [1.29, 1.82) is 0 Å². The minimum atomic E-state index is -1.00. The lowest BCUT2D eigenvalue weighted by Gasteiger charge is -2.16. The van der Waals surface area contributed by atoms with Crippen molar-refractivity contribution in [2.75, 3.05) is 13.2 Å². The minimum Gasteiger partial charge on any atom is -0.360 e. The smallest absolute Gasteiger partial charge is 0.139 e. The van der Waals surface area contributed by atoms with Crippen LogP contribution in [-0.2, 0) is 22.9 Å². The Morgan fingerprint density at radius 2 is 1.13 bits per heavy atom. The van der Waals surface area contributed by atoms with Crippen molar-refractivity contribution in [3.05, 3.63) is 47.6 Å². The van der Waals surface area contributed by atoms with Gasteiger partial charge in [-0.15, -0.1) is 0 Å². The molecule has 0 atom stereocenters. The topological polar surface area (TPSA) is 82.8 Å².